The normalized spacial score (nSPS) is 21.4. The molecule has 19 heavy (non-hydrogen) atoms. The first kappa shape index (κ1) is 15.4. The quantitative estimate of drug-likeness (QED) is 0.761. The van der Waals surface area contributed by atoms with Crippen LogP contribution in [0.3, 0.4) is 0 Å². The van der Waals surface area contributed by atoms with E-state index in [9.17, 15) is 14.7 Å². The Morgan fingerprint density at radius 1 is 1.53 bits per heavy atom. The van der Waals surface area contributed by atoms with E-state index in [0.717, 1.165) is 12.8 Å². The van der Waals surface area contributed by atoms with Crippen LogP contribution in [0, 0.1) is 23.7 Å². The minimum absolute atomic E-state index is 0.0364. The summed E-state index contributed by atoms with van der Waals surface area (Å²) in [6.07, 6.45) is 6.87. The molecule has 1 saturated heterocycles. The summed E-state index contributed by atoms with van der Waals surface area (Å²) < 4.78 is 0. The van der Waals surface area contributed by atoms with Gasteiger partial charge in [0.15, 0.2) is 0 Å². The number of nitrogens with zero attached hydrogens (tertiary/aromatic N) is 1. The standard InChI is InChI=1S/C14H22N2O3/c1-5-10(2)15-13(19)16-8-6-7-11(9-16)14(3,4)12(17)18/h1,10-11H,6-9H2,2-4H3,(H,15,19)(H,17,18). The summed E-state index contributed by atoms with van der Waals surface area (Å²) in [6, 6.07) is -0.531. The maximum absolute atomic E-state index is 12.0. The predicted molar refractivity (Wildman–Crippen MR) is 72.5 cm³/mol. The molecule has 0 spiro atoms. The molecule has 0 aromatic rings. The molecule has 2 unspecified atom stereocenters. The molecule has 0 bridgehead atoms. The van der Waals surface area contributed by atoms with Crippen LogP contribution in [0.5, 0.6) is 0 Å². The lowest BCUT2D eigenvalue weighted by molar-refractivity contribution is -0.151. The van der Waals surface area contributed by atoms with Gasteiger partial charge < -0.3 is 15.3 Å². The number of hydrogen-bond donors (Lipinski definition) is 2. The summed E-state index contributed by atoms with van der Waals surface area (Å²) in [5.74, 6) is 1.58. The number of likely N-dealkylation sites (tertiary alicyclic amines) is 1. The minimum Gasteiger partial charge on any atom is -0.481 e. The molecule has 0 aromatic heterocycles. The van der Waals surface area contributed by atoms with Gasteiger partial charge in [-0.2, -0.15) is 0 Å². The fraction of sp³-hybridized carbons (Fsp3) is 0.714. The van der Waals surface area contributed by atoms with E-state index >= 15 is 0 Å². The van der Waals surface area contributed by atoms with Crippen molar-refractivity contribution in [1.29, 1.82) is 0 Å². The summed E-state index contributed by atoms with van der Waals surface area (Å²) in [5, 5.41) is 12.0. The summed E-state index contributed by atoms with van der Waals surface area (Å²) in [5.41, 5.74) is -0.823. The third-order valence-corrected chi connectivity index (χ3v) is 3.87. The lowest BCUT2D eigenvalue weighted by Crippen LogP contribution is -2.51. The van der Waals surface area contributed by atoms with E-state index in [1.54, 1.807) is 25.7 Å². The highest BCUT2D eigenvalue weighted by atomic mass is 16.4. The largest absolute Gasteiger partial charge is 0.481 e. The Labute approximate surface area is 114 Å². The average molecular weight is 266 g/mol. The van der Waals surface area contributed by atoms with Crippen LogP contribution in [-0.2, 0) is 4.79 Å². The first-order chi connectivity index (χ1) is 8.78. The van der Waals surface area contributed by atoms with E-state index in [1.807, 2.05) is 0 Å². The second-order valence-electron chi connectivity index (χ2n) is 5.65. The van der Waals surface area contributed by atoms with Gasteiger partial charge in [-0.3, -0.25) is 4.79 Å². The van der Waals surface area contributed by atoms with Gasteiger partial charge in [-0.05, 0) is 39.5 Å². The monoisotopic (exact) mass is 266 g/mol. The van der Waals surface area contributed by atoms with E-state index in [4.69, 9.17) is 6.42 Å². The maximum Gasteiger partial charge on any atom is 0.318 e. The van der Waals surface area contributed by atoms with Crippen molar-refractivity contribution in [2.45, 2.75) is 39.7 Å². The van der Waals surface area contributed by atoms with Crippen molar-refractivity contribution >= 4 is 12.0 Å². The number of piperidine rings is 1. The Morgan fingerprint density at radius 2 is 2.16 bits per heavy atom. The number of aliphatic carboxylic acids is 1. The third kappa shape index (κ3) is 3.63. The smallest absolute Gasteiger partial charge is 0.318 e. The van der Waals surface area contributed by atoms with Gasteiger partial charge >= 0.3 is 12.0 Å². The first-order valence-electron chi connectivity index (χ1n) is 6.54. The zero-order valence-corrected chi connectivity index (χ0v) is 11.8. The first-order valence-corrected chi connectivity index (χ1v) is 6.54. The number of hydrogen-bond acceptors (Lipinski definition) is 2. The van der Waals surface area contributed by atoms with E-state index in [1.165, 1.54) is 0 Å². The van der Waals surface area contributed by atoms with Gasteiger partial charge in [0.2, 0.25) is 0 Å². The number of urea groups is 1. The molecule has 1 heterocycles. The van der Waals surface area contributed by atoms with E-state index < -0.39 is 11.4 Å². The van der Waals surface area contributed by atoms with Crippen molar-refractivity contribution in [2.24, 2.45) is 11.3 Å². The van der Waals surface area contributed by atoms with Gasteiger partial charge in [-0.25, -0.2) is 4.79 Å². The molecule has 5 nitrogen and oxygen atoms in total. The zero-order valence-electron chi connectivity index (χ0n) is 11.8. The van der Waals surface area contributed by atoms with Crippen LogP contribution in [-0.4, -0.2) is 41.1 Å². The number of carbonyl (C=O) groups is 2. The van der Waals surface area contributed by atoms with Crippen LogP contribution in [0.1, 0.15) is 33.6 Å². The van der Waals surface area contributed by atoms with Crippen molar-refractivity contribution < 1.29 is 14.7 Å². The Hall–Kier alpha value is -1.70. The molecule has 0 radical (unpaired) electrons. The van der Waals surface area contributed by atoms with E-state index in [0.29, 0.717) is 13.1 Å². The predicted octanol–water partition coefficient (Wildman–Crippen LogP) is 1.54. The Kier molecular flexibility index (Phi) is 4.82. The molecule has 0 aromatic carbocycles. The van der Waals surface area contributed by atoms with Crippen molar-refractivity contribution in [3.05, 3.63) is 0 Å². The molecule has 5 heteroatoms. The van der Waals surface area contributed by atoms with Crippen LogP contribution in [0.4, 0.5) is 4.79 Å². The minimum atomic E-state index is -0.823. The number of amides is 2. The highest BCUT2D eigenvalue weighted by molar-refractivity contribution is 5.76. The molecule has 0 saturated carbocycles. The summed E-state index contributed by atoms with van der Waals surface area (Å²) in [7, 11) is 0. The van der Waals surface area contributed by atoms with E-state index in [2.05, 4.69) is 11.2 Å². The average Bonchev–Trinajstić information content (AvgIpc) is 2.38. The van der Waals surface area contributed by atoms with Gasteiger partial charge in [0.25, 0.3) is 0 Å². The summed E-state index contributed by atoms with van der Waals surface area (Å²) in [6.45, 7) is 6.27. The number of terminal acetylenes is 1. The molecule has 1 aliphatic heterocycles. The number of carbonyl (C=O) groups excluding carboxylic acids is 1. The summed E-state index contributed by atoms with van der Waals surface area (Å²) >= 11 is 0. The Morgan fingerprint density at radius 3 is 2.68 bits per heavy atom. The van der Waals surface area contributed by atoms with Crippen LogP contribution in [0.15, 0.2) is 0 Å². The highest BCUT2D eigenvalue weighted by Crippen LogP contribution is 2.34. The van der Waals surface area contributed by atoms with Crippen LogP contribution < -0.4 is 5.32 Å². The van der Waals surface area contributed by atoms with Crippen molar-refractivity contribution in [3.63, 3.8) is 0 Å². The van der Waals surface area contributed by atoms with Crippen molar-refractivity contribution in [2.75, 3.05) is 13.1 Å². The van der Waals surface area contributed by atoms with Gasteiger partial charge in [-0.1, -0.05) is 5.92 Å². The van der Waals surface area contributed by atoms with Gasteiger partial charge in [-0.15, -0.1) is 6.42 Å². The summed E-state index contributed by atoms with van der Waals surface area (Å²) in [4.78, 5) is 24.9. The van der Waals surface area contributed by atoms with E-state index in [-0.39, 0.29) is 18.0 Å². The van der Waals surface area contributed by atoms with Gasteiger partial charge in [0.05, 0.1) is 11.5 Å². The number of nitrogens with one attached hydrogen (secondary N) is 1. The van der Waals surface area contributed by atoms with Gasteiger partial charge in [0, 0.05) is 13.1 Å². The Balaban J connectivity index is 2.67. The van der Waals surface area contributed by atoms with Crippen molar-refractivity contribution in [1.82, 2.24) is 10.2 Å². The fourth-order valence-corrected chi connectivity index (χ4v) is 2.24. The zero-order chi connectivity index (χ0) is 14.6. The molecule has 0 aliphatic carbocycles. The topological polar surface area (TPSA) is 69.6 Å². The SMILES string of the molecule is C#CC(C)NC(=O)N1CCCC(C(C)(C)C(=O)O)C1. The van der Waals surface area contributed by atoms with Crippen molar-refractivity contribution in [3.8, 4) is 12.3 Å². The van der Waals surface area contributed by atoms with Gasteiger partial charge in [0.1, 0.15) is 0 Å². The second kappa shape index (κ2) is 5.96. The molecule has 1 rings (SSSR count). The second-order valence-corrected chi connectivity index (χ2v) is 5.65. The fourth-order valence-electron chi connectivity index (χ4n) is 2.24. The highest BCUT2D eigenvalue weighted by Gasteiger charge is 2.40. The number of carboxylic acids is 1. The molecule has 2 atom stereocenters. The molecule has 106 valence electrons. The Bertz CT molecular complexity index is 398. The number of rotatable bonds is 3. The van der Waals surface area contributed by atoms with Crippen LogP contribution >= 0.6 is 0 Å². The lowest BCUT2D eigenvalue weighted by Gasteiger charge is -2.39. The molecule has 1 aliphatic rings. The molecule has 2 N–H and O–H groups in total. The lowest BCUT2D eigenvalue weighted by atomic mass is 9.74. The number of carboxylic acid groups (broad SMARTS) is 1. The maximum atomic E-state index is 12.0. The molecular weight excluding hydrogens is 244 g/mol. The third-order valence-electron chi connectivity index (χ3n) is 3.87. The van der Waals surface area contributed by atoms with Crippen LogP contribution in [0.2, 0.25) is 0 Å². The van der Waals surface area contributed by atoms with Crippen LogP contribution in [0.25, 0.3) is 0 Å². The molecular formula is C14H22N2O3. The molecule has 2 amide bonds. The molecule has 1 fully saturated rings.